The Hall–Kier alpha value is -4.90. The molecule has 3 heterocycles. The minimum absolute atomic E-state index is 0.0941. The third-order valence-electron chi connectivity index (χ3n) is 7.31. The van der Waals surface area contributed by atoms with Gasteiger partial charge < -0.3 is 10.4 Å². The summed E-state index contributed by atoms with van der Waals surface area (Å²) in [7, 11) is 0. The van der Waals surface area contributed by atoms with Crippen LogP contribution in [0.25, 0.3) is 11.3 Å². The average molecular weight is 585 g/mol. The van der Waals surface area contributed by atoms with Crippen LogP contribution >= 0.6 is 0 Å². The highest BCUT2D eigenvalue weighted by Gasteiger charge is 2.52. The minimum Gasteiger partial charge on any atom is -0.509 e. The summed E-state index contributed by atoms with van der Waals surface area (Å²) in [6.45, 7) is 1.41. The number of carbonyl (C=O) groups excluding carboxylic acids is 2. The molecule has 9 nitrogen and oxygen atoms in total. The monoisotopic (exact) mass is 584 g/mol. The summed E-state index contributed by atoms with van der Waals surface area (Å²) in [5.74, 6) is -5.02. The molecule has 5 rings (SSSR count). The maximum Gasteiger partial charge on any atom is 0.416 e. The zero-order chi connectivity index (χ0) is 30.4. The third kappa shape index (κ3) is 4.92. The number of hydrogen-bond donors (Lipinski definition) is 2. The number of hydrogen-bond acceptors (Lipinski definition) is 7. The van der Waals surface area contributed by atoms with Gasteiger partial charge in [-0.15, -0.1) is 0 Å². The van der Waals surface area contributed by atoms with Gasteiger partial charge >= 0.3 is 6.18 Å². The average Bonchev–Trinajstić information content (AvgIpc) is 3.36. The van der Waals surface area contributed by atoms with Crippen molar-refractivity contribution in [1.29, 1.82) is 5.26 Å². The predicted molar refractivity (Wildman–Crippen MR) is 137 cm³/mol. The summed E-state index contributed by atoms with van der Waals surface area (Å²) in [4.78, 5) is 35.0. The molecule has 0 saturated carbocycles. The van der Waals surface area contributed by atoms with E-state index in [0.717, 1.165) is 35.6 Å². The maximum atomic E-state index is 14.5. The standard InChI is InChI=1S/C28H21F5N6O3/c1-27-8-3-9-39(27)38(14-15-4-2-5-19(29)23(15)30)26(42)22(24(27)40)25(41)37-20-7-6-16(28(31,32)33)10-18(20)21-13-35-17(11-34)12-36-21/h2,4-7,10,12-13,40H,3,8-9,14H2,1H3,(H,37,41)/t27-/m1/s1. The molecule has 216 valence electrons. The Labute approximate surface area is 235 Å². The van der Waals surface area contributed by atoms with E-state index in [4.69, 9.17) is 5.26 Å². The Kier molecular flexibility index (Phi) is 7.15. The van der Waals surface area contributed by atoms with Gasteiger partial charge in [-0.1, -0.05) is 12.1 Å². The normalized spacial score (nSPS) is 19.1. The first-order valence-electron chi connectivity index (χ1n) is 12.6. The molecule has 1 fully saturated rings. The van der Waals surface area contributed by atoms with Gasteiger partial charge in [-0.2, -0.15) is 18.4 Å². The quantitative estimate of drug-likeness (QED) is 0.324. The summed E-state index contributed by atoms with van der Waals surface area (Å²) in [6.07, 6.45) is -1.83. The van der Waals surface area contributed by atoms with Crippen molar-refractivity contribution in [3.05, 3.63) is 88.6 Å². The fraction of sp³-hybridized carbons (Fsp3) is 0.250. The number of hydrazine groups is 1. The Morgan fingerprint density at radius 2 is 1.95 bits per heavy atom. The van der Waals surface area contributed by atoms with Crippen molar-refractivity contribution in [1.82, 2.24) is 20.0 Å². The Morgan fingerprint density at radius 1 is 1.19 bits per heavy atom. The predicted octanol–water partition coefficient (Wildman–Crippen LogP) is 4.87. The maximum absolute atomic E-state index is 14.5. The van der Waals surface area contributed by atoms with Crippen molar-refractivity contribution >= 4 is 17.5 Å². The number of anilines is 1. The van der Waals surface area contributed by atoms with Gasteiger partial charge in [0.1, 0.15) is 17.4 Å². The lowest BCUT2D eigenvalue weighted by Crippen LogP contribution is -2.60. The second-order valence-electron chi connectivity index (χ2n) is 9.91. The number of amides is 2. The highest BCUT2D eigenvalue weighted by molar-refractivity contribution is 6.24. The fourth-order valence-corrected chi connectivity index (χ4v) is 5.13. The molecule has 1 aromatic heterocycles. The number of nitrogens with one attached hydrogen (secondary N) is 1. The van der Waals surface area contributed by atoms with E-state index in [1.54, 1.807) is 13.0 Å². The number of fused-ring (bicyclic) bond motifs is 1. The number of nitriles is 1. The van der Waals surface area contributed by atoms with E-state index in [0.29, 0.717) is 18.9 Å². The molecule has 0 unspecified atom stereocenters. The van der Waals surface area contributed by atoms with Gasteiger partial charge in [0.2, 0.25) is 0 Å². The van der Waals surface area contributed by atoms with Crippen LogP contribution < -0.4 is 5.32 Å². The molecule has 2 aromatic carbocycles. The van der Waals surface area contributed by atoms with Gasteiger partial charge in [-0.05, 0) is 44.0 Å². The lowest BCUT2D eigenvalue weighted by atomic mass is 9.90. The van der Waals surface area contributed by atoms with Crippen LogP contribution in [0.2, 0.25) is 0 Å². The second-order valence-corrected chi connectivity index (χ2v) is 9.91. The van der Waals surface area contributed by atoms with Crippen molar-refractivity contribution in [3.63, 3.8) is 0 Å². The smallest absolute Gasteiger partial charge is 0.416 e. The van der Waals surface area contributed by atoms with Crippen molar-refractivity contribution in [2.45, 2.75) is 38.0 Å². The van der Waals surface area contributed by atoms with Crippen LogP contribution in [0.3, 0.4) is 0 Å². The van der Waals surface area contributed by atoms with Crippen LogP contribution in [0, 0.1) is 23.0 Å². The van der Waals surface area contributed by atoms with Crippen molar-refractivity contribution in [2.75, 3.05) is 11.9 Å². The lowest BCUT2D eigenvalue weighted by Gasteiger charge is -2.46. The summed E-state index contributed by atoms with van der Waals surface area (Å²) in [6, 6.07) is 7.61. The highest BCUT2D eigenvalue weighted by atomic mass is 19.4. The van der Waals surface area contributed by atoms with Crippen molar-refractivity contribution in [2.24, 2.45) is 0 Å². The molecule has 0 aliphatic carbocycles. The molecular weight excluding hydrogens is 563 g/mol. The Bertz CT molecular complexity index is 1670. The van der Waals surface area contributed by atoms with Crippen LogP contribution in [-0.2, 0) is 22.3 Å². The number of benzene rings is 2. The zero-order valence-corrected chi connectivity index (χ0v) is 21.8. The van der Waals surface area contributed by atoms with E-state index in [1.807, 2.05) is 0 Å². The Balaban J connectivity index is 1.55. The molecule has 0 spiro atoms. The van der Waals surface area contributed by atoms with Crippen LogP contribution in [0.1, 0.15) is 36.6 Å². The van der Waals surface area contributed by atoms with Gasteiger partial charge in [0, 0.05) is 17.7 Å². The van der Waals surface area contributed by atoms with Gasteiger partial charge in [-0.3, -0.25) is 19.6 Å². The number of aliphatic hydroxyl groups is 1. The van der Waals surface area contributed by atoms with E-state index in [1.165, 1.54) is 17.1 Å². The number of rotatable bonds is 5. The van der Waals surface area contributed by atoms with Gasteiger partial charge in [0.15, 0.2) is 17.3 Å². The van der Waals surface area contributed by atoms with Gasteiger partial charge in [0.25, 0.3) is 11.8 Å². The number of aromatic nitrogens is 2. The van der Waals surface area contributed by atoms with E-state index < -0.39 is 58.6 Å². The van der Waals surface area contributed by atoms with Crippen LogP contribution in [-0.4, -0.2) is 49.0 Å². The first kappa shape index (κ1) is 28.6. The third-order valence-corrected chi connectivity index (χ3v) is 7.31. The molecule has 0 radical (unpaired) electrons. The SMILES string of the molecule is C[C@]12CCCN1N(Cc1cccc(F)c1F)C(=O)C(C(=O)Nc1ccc(C(F)(F)F)cc1-c1cnc(C#N)cn1)=C2O. The molecule has 1 atom stereocenters. The largest absolute Gasteiger partial charge is 0.509 e. The molecule has 2 amide bonds. The first-order valence-corrected chi connectivity index (χ1v) is 12.6. The number of aliphatic hydroxyl groups excluding tert-OH is 1. The summed E-state index contributed by atoms with van der Waals surface area (Å²) >= 11 is 0. The summed E-state index contributed by atoms with van der Waals surface area (Å²) < 4.78 is 69.0. The van der Waals surface area contributed by atoms with Crippen molar-refractivity contribution < 1.29 is 36.6 Å². The summed E-state index contributed by atoms with van der Waals surface area (Å²) in [5.41, 5.74) is -3.79. The van der Waals surface area contributed by atoms with E-state index in [2.05, 4.69) is 15.3 Å². The molecular formula is C28H21F5N6O3. The topological polar surface area (TPSA) is 122 Å². The molecule has 1 saturated heterocycles. The molecule has 2 N–H and O–H groups in total. The number of halogens is 5. The van der Waals surface area contributed by atoms with Crippen molar-refractivity contribution in [3.8, 4) is 17.3 Å². The van der Waals surface area contributed by atoms with Crippen LogP contribution in [0.4, 0.5) is 27.6 Å². The number of carbonyl (C=O) groups is 2. The van der Waals surface area contributed by atoms with Crippen LogP contribution in [0.15, 0.2) is 60.1 Å². The Morgan fingerprint density at radius 3 is 2.62 bits per heavy atom. The van der Waals surface area contributed by atoms with E-state index in [-0.39, 0.29) is 34.7 Å². The summed E-state index contributed by atoms with van der Waals surface area (Å²) in [5, 5.41) is 25.1. The highest BCUT2D eigenvalue weighted by Crippen LogP contribution is 2.42. The number of alkyl halides is 3. The molecule has 3 aromatic rings. The van der Waals surface area contributed by atoms with E-state index >= 15 is 0 Å². The van der Waals surface area contributed by atoms with Crippen LogP contribution in [0.5, 0.6) is 0 Å². The van der Waals surface area contributed by atoms with Gasteiger partial charge in [0.05, 0.1) is 41.4 Å². The molecule has 0 bridgehead atoms. The fourth-order valence-electron chi connectivity index (χ4n) is 5.13. The molecule has 14 heteroatoms. The zero-order valence-electron chi connectivity index (χ0n) is 21.8. The van der Waals surface area contributed by atoms with E-state index in [9.17, 15) is 36.6 Å². The lowest BCUT2D eigenvalue weighted by molar-refractivity contribution is -0.160. The molecule has 42 heavy (non-hydrogen) atoms. The molecule has 2 aliphatic heterocycles. The first-order chi connectivity index (χ1) is 19.8. The van der Waals surface area contributed by atoms with Gasteiger partial charge in [-0.25, -0.2) is 18.8 Å². The second kappa shape index (κ2) is 10.5. The number of nitrogens with zero attached hydrogens (tertiary/aromatic N) is 5. The minimum atomic E-state index is -4.75. The molecule has 2 aliphatic rings.